The number of nitrogens with zero attached hydrogens (tertiary/aromatic N) is 1. The average Bonchev–Trinajstić information content (AvgIpc) is 2.56. The van der Waals surface area contributed by atoms with Gasteiger partial charge in [-0.05, 0) is 57.4 Å². The highest BCUT2D eigenvalue weighted by Crippen LogP contribution is 2.18. The number of nitrogens with one attached hydrogen (secondary N) is 1. The lowest BCUT2D eigenvalue weighted by atomic mass is 10.0. The van der Waals surface area contributed by atoms with Gasteiger partial charge in [-0.15, -0.1) is 0 Å². The number of hydrogen-bond donors (Lipinski definition) is 1. The molecule has 0 bridgehead atoms. The molecule has 1 aromatic carbocycles. The first-order chi connectivity index (χ1) is 11.4. The van der Waals surface area contributed by atoms with Crippen molar-refractivity contribution in [3.05, 3.63) is 24.3 Å². The van der Waals surface area contributed by atoms with Crippen molar-refractivity contribution in [1.82, 2.24) is 9.62 Å². The van der Waals surface area contributed by atoms with Crippen LogP contribution in [-0.4, -0.2) is 45.0 Å². The maximum Gasteiger partial charge on any atom is 0.240 e. The lowest BCUT2D eigenvalue weighted by Gasteiger charge is -2.33. The second kappa shape index (κ2) is 8.48. The predicted octanol–water partition coefficient (Wildman–Crippen LogP) is 2.15. The second-order valence-corrected chi connectivity index (χ2v) is 7.75. The van der Waals surface area contributed by atoms with Crippen molar-refractivity contribution in [3.8, 4) is 5.75 Å². The molecule has 0 spiro atoms. The highest BCUT2D eigenvalue weighted by Gasteiger charge is 2.23. The Bertz CT molecular complexity index is 643. The summed E-state index contributed by atoms with van der Waals surface area (Å²) < 4.78 is 32.3. The highest BCUT2D eigenvalue weighted by atomic mass is 32.2. The van der Waals surface area contributed by atoms with Crippen molar-refractivity contribution < 1.29 is 17.9 Å². The van der Waals surface area contributed by atoms with E-state index < -0.39 is 10.0 Å². The summed E-state index contributed by atoms with van der Waals surface area (Å²) in [6.45, 7) is 5.32. The molecular weight excluding hydrogens is 328 g/mol. The number of carbonyl (C=O) groups is 1. The van der Waals surface area contributed by atoms with Crippen molar-refractivity contribution in [2.24, 2.45) is 0 Å². The average molecular weight is 354 g/mol. The number of rotatable bonds is 7. The van der Waals surface area contributed by atoms with Gasteiger partial charge in [-0.3, -0.25) is 4.79 Å². The van der Waals surface area contributed by atoms with Gasteiger partial charge in [0, 0.05) is 25.6 Å². The molecule has 1 saturated heterocycles. The zero-order chi connectivity index (χ0) is 17.6. The van der Waals surface area contributed by atoms with E-state index in [1.54, 1.807) is 12.1 Å². The minimum Gasteiger partial charge on any atom is -0.494 e. The molecule has 134 valence electrons. The number of amides is 1. The SMILES string of the molecule is CCOc1ccc(S(=O)(=O)NCCC(=O)N2CCCCC2C)cc1. The monoisotopic (exact) mass is 354 g/mol. The van der Waals surface area contributed by atoms with Gasteiger partial charge in [0.1, 0.15) is 5.75 Å². The fourth-order valence-corrected chi connectivity index (χ4v) is 3.90. The lowest BCUT2D eigenvalue weighted by Crippen LogP contribution is -2.43. The van der Waals surface area contributed by atoms with Crippen LogP contribution in [0.1, 0.15) is 39.5 Å². The van der Waals surface area contributed by atoms with Crippen LogP contribution >= 0.6 is 0 Å². The fraction of sp³-hybridized carbons (Fsp3) is 0.588. The molecule has 1 aliphatic heterocycles. The molecule has 1 aromatic rings. The number of carbonyl (C=O) groups excluding carboxylic acids is 1. The summed E-state index contributed by atoms with van der Waals surface area (Å²) in [6, 6.07) is 6.50. The van der Waals surface area contributed by atoms with E-state index in [9.17, 15) is 13.2 Å². The number of sulfonamides is 1. The summed E-state index contributed by atoms with van der Waals surface area (Å²) in [5.41, 5.74) is 0. The third-order valence-corrected chi connectivity index (χ3v) is 5.68. The molecule has 1 aliphatic rings. The van der Waals surface area contributed by atoms with Crippen molar-refractivity contribution >= 4 is 15.9 Å². The second-order valence-electron chi connectivity index (χ2n) is 5.98. The molecule has 24 heavy (non-hydrogen) atoms. The number of likely N-dealkylation sites (tertiary alicyclic amines) is 1. The Labute approximate surface area is 144 Å². The smallest absolute Gasteiger partial charge is 0.240 e. The summed E-state index contributed by atoms with van der Waals surface area (Å²) in [7, 11) is -3.61. The molecule has 1 unspecified atom stereocenters. The molecule has 1 N–H and O–H groups in total. The number of hydrogen-bond acceptors (Lipinski definition) is 4. The molecule has 1 amide bonds. The number of ether oxygens (including phenoxy) is 1. The summed E-state index contributed by atoms with van der Waals surface area (Å²) in [5, 5.41) is 0. The first-order valence-corrected chi connectivity index (χ1v) is 9.94. The Morgan fingerprint density at radius 2 is 2.00 bits per heavy atom. The fourth-order valence-electron chi connectivity index (χ4n) is 2.87. The summed E-state index contributed by atoms with van der Waals surface area (Å²) >= 11 is 0. The maximum absolute atomic E-state index is 12.2. The van der Waals surface area contributed by atoms with E-state index in [1.165, 1.54) is 12.1 Å². The van der Waals surface area contributed by atoms with Gasteiger partial charge in [0.2, 0.25) is 15.9 Å². The molecule has 1 atom stereocenters. The molecule has 0 aliphatic carbocycles. The number of piperidine rings is 1. The van der Waals surface area contributed by atoms with E-state index in [4.69, 9.17) is 4.74 Å². The summed E-state index contributed by atoms with van der Waals surface area (Å²) in [4.78, 5) is 14.2. The van der Waals surface area contributed by atoms with Gasteiger partial charge in [-0.25, -0.2) is 13.1 Å². The van der Waals surface area contributed by atoms with E-state index in [-0.39, 0.29) is 29.8 Å². The molecule has 1 heterocycles. The standard InChI is InChI=1S/C17H26N2O4S/c1-3-23-15-7-9-16(10-8-15)24(21,22)18-12-11-17(20)19-13-5-4-6-14(19)2/h7-10,14,18H,3-6,11-13H2,1-2H3. The normalized spacial score (nSPS) is 18.4. The molecular formula is C17H26N2O4S. The van der Waals surface area contributed by atoms with Gasteiger partial charge >= 0.3 is 0 Å². The molecule has 2 rings (SSSR count). The van der Waals surface area contributed by atoms with Gasteiger partial charge < -0.3 is 9.64 Å². The molecule has 0 aromatic heterocycles. The van der Waals surface area contributed by atoms with Crippen LogP contribution in [0, 0.1) is 0 Å². The molecule has 7 heteroatoms. The molecule has 0 saturated carbocycles. The molecule has 0 radical (unpaired) electrons. The topological polar surface area (TPSA) is 75.7 Å². The van der Waals surface area contributed by atoms with Crippen LogP contribution in [-0.2, 0) is 14.8 Å². The number of benzene rings is 1. The van der Waals surface area contributed by atoms with E-state index in [0.29, 0.717) is 12.4 Å². The van der Waals surface area contributed by atoms with E-state index >= 15 is 0 Å². The van der Waals surface area contributed by atoms with Crippen molar-refractivity contribution in [3.63, 3.8) is 0 Å². The van der Waals surface area contributed by atoms with Crippen molar-refractivity contribution in [2.75, 3.05) is 19.7 Å². The van der Waals surface area contributed by atoms with Crippen LogP contribution < -0.4 is 9.46 Å². The van der Waals surface area contributed by atoms with Gasteiger partial charge in [0.15, 0.2) is 0 Å². The zero-order valence-electron chi connectivity index (χ0n) is 14.3. The van der Waals surface area contributed by atoms with Crippen LogP contribution in [0.5, 0.6) is 5.75 Å². The van der Waals surface area contributed by atoms with Gasteiger partial charge in [0.25, 0.3) is 0 Å². The molecule has 1 fully saturated rings. The first kappa shape index (κ1) is 18.7. The Kier molecular flexibility index (Phi) is 6.62. The van der Waals surface area contributed by atoms with Crippen LogP contribution in [0.15, 0.2) is 29.2 Å². The zero-order valence-corrected chi connectivity index (χ0v) is 15.1. The van der Waals surface area contributed by atoms with E-state index in [1.807, 2.05) is 18.7 Å². The Hall–Kier alpha value is -1.60. The minimum atomic E-state index is -3.61. The highest BCUT2D eigenvalue weighted by molar-refractivity contribution is 7.89. The first-order valence-electron chi connectivity index (χ1n) is 8.46. The van der Waals surface area contributed by atoms with Crippen LogP contribution in [0.3, 0.4) is 0 Å². The van der Waals surface area contributed by atoms with Crippen LogP contribution in [0.25, 0.3) is 0 Å². The summed E-state index contributed by atoms with van der Waals surface area (Å²) in [5.74, 6) is 0.641. The Morgan fingerprint density at radius 1 is 1.29 bits per heavy atom. The summed E-state index contributed by atoms with van der Waals surface area (Å²) in [6.07, 6.45) is 3.37. The maximum atomic E-state index is 12.2. The predicted molar refractivity (Wildman–Crippen MR) is 92.4 cm³/mol. The van der Waals surface area contributed by atoms with Crippen molar-refractivity contribution in [1.29, 1.82) is 0 Å². The van der Waals surface area contributed by atoms with E-state index in [0.717, 1.165) is 25.8 Å². The third kappa shape index (κ3) is 4.95. The Morgan fingerprint density at radius 3 is 2.62 bits per heavy atom. The van der Waals surface area contributed by atoms with Crippen LogP contribution in [0.4, 0.5) is 0 Å². The van der Waals surface area contributed by atoms with E-state index in [2.05, 4.69) is 4.72 Å². The quantitative estimate of drug-likeness (QED) is 0.814. The van der Waals surface area contributed by atoms with Gasteiger partial charge in [-0.2, -0.15) is 0 Å². The van der Waals surface area contributed by atoms with Crippen LogP contribution in [0.2, 0.25) is 0 Å². The van der Waals surface area contributed by atoms with Gasteiger partial charge in [-0.1, -0.05) is 0 Å². The largest absolute Gasteiger partial charge is 0.494 e. The van der Waals surface area contributed by atoms with Gasteiger partial charge in [0.05, 0.1) is 11.5 Å². The molecule has 6 nitrogen and oxygen atoms in total. The third-order valence-electron chi connectivity index (χ3n) is 4.20. The van der Waals surface area contributed by atoms with Crippen molar-refractivity contribution in [2.45, 2.75) is 50.5 Å². The minimum absolute atomic E-state index is 0.0107. The Balaban J connectivity index is 1.87. The lowest BCUT2D eigenvalue weighted by molar-refractivity contribution is -0.134.